The number of hydrogen-bond donors (Lipinski definition) is 2. The molecule has 2 N–H and O–H groups in total. The van der Waals surface area contributed by atoms with E-state index in [-0.39, 0.29) is 18.6 Å². The predicted octanol–water partition coefficient (Wildman–Crippen LogP) is 4.87. The van der Waals surface area contributed by atoms with E-state index in [2.05, 4.69) is 39.8 Å². The Morgan fingerprint density at radius 1 is 1.17 bits per heavy atom. The molecule has 23 heavy (non-hydrogen) atoms. The first-order valence-electron chi connectivity index (χ1n) is 8.46. The maximum atomic E-state index is 9.43. The molecule has 0 saturated heterocycles. The van der Waals surface area contributed by atoms with Crippen molar-refractivity contribution in [2.45, 2.75) is 53.9 Å². The Morgan fingerprint density at radius 3 is 2.43 bits per heavy atom. The summed E-state index contributed by atoms with van der Waals surface area (Å²) >= 11 is 0. The van der Waals surface area contributed by atoms with Crippen LogP contribution >= 0.6 is 0 Å². The van der Waals surface area contributed by atoms with Crippen molar-refractivity contribution in [2.75, 3.05) is 13.2 Å². The van der Waals surface area contributed by atoms with Gasteiger partial charge in [-0.25, -0.2) is 0 Å². The number of aliphatic hydroxyl groups excluding tert-OH is 2. The Balaban J connectivity index is 2.93. The molecule has 0 heterocycles. The third kappa shape index (κ3) is 5.96. The molecule has 0 fully saturated rings. The van der Waals surface area contributed by atoms with Crippen LogP contribution in [0.5, 0.6) is 0 Å². The molecular formula is C21H32O2. The van der Waals surface area contributed by atoms with E-state index in [0.717, 1.165) is 16.7 Å². The molecule has 0 bridgehead atoms. The minimum absolute atomic E-state index is 0.00567. The first-order valence-corrected chi connectivity index (χ1v) is 8.46. The van der Waals surface area contributed by atoms with Gasteiger partial charge < -0.3 is 10.2 Å². The van der Waals surface area contributed by atoms with Crippen LogP contribution in [0.4, 0.5) is 0 Å². The number of rotatable bonds is 6. The summed E-state index contributed by atoms with van der Waals surface area (Å²) in [5.41, 5.74) is 6.11. The summed E-state index contributed by atoms with van der Waals surface area (Å²) in [6.45, 7) is 10.8. The summed E-state index contributed by atoms with van der Waals surface area (Å²) in [6.07, 6.45) is 13.8. The van der Waals surface area contributed by atoms with Gasteiger partial charge in [0.2, 0.25) is 0 Å². The average Bonchev–Trinajstić information content (AvgIpc) is 2.47. The molecule has 0 radical (unpaired) electrons. The Labute approximate surface area is 141 Å². The lowest BCUT2D eigenvalue weighted by Crippen LogP contribution is -2.19. The lowest BCUT2D eigenvalue weighted by Gasteiger charge is -2.32. The molecule has 2 heteroatoms. The number of hydrogen-bond acceptors (Lipinski definition) is 2. The van der Waals surface area contributed by atoms with Crippen LogP contribution in [0.1, 0.15) is 53.9 Å². The van der Waals surface area contributed by atoms with Crippen molar-refractivity contribution in [1.29, 1.82) is 0 Å². The van der Waals surface area contributed by atoms with Gasteiger partial charge in [0, 0.05) is 0 Å². The molecule has 0 atom stereocenters. The molecule has 0 aromatic heterocycles. The Bertz CT molecular complexity index is 554. The molecule has 0 spiro atoms. The van der Waals surface area contributed by atoms with Gasteiger partial charge in [0.1, 0.15) is 0 Å². The Hall–Kier alpha value is -1.38. The van der Waals surface area contributed by atoms with E-state index in [4.69, 9.17) is 5.11 Å². The maximum absolute atomic E-state index is 9.43. The van der Waals surface area contributed by atoms with E-state index >= 15 is 0 Å². The van der Waals surface area contributed by atoms with Crippen LogP contribution in [-0.4, -0.2) is 23.4 Å². The van der Waals surface area contributed by atoms with Gasteiger partial charge in [-0.3, -0.25) is 0 Å². The molecule has 1 aliphatic rings. The average molecular weight is 316 g/mol. The number of allylic oxidation sites excluding steroid dienone is 7. The molecule has 1 aliphatic carbocycles. The van der Waals surface area contributed by atoms with Crippen molar-refractivity contribution >= 4 is 0 Å². The van der Waals surface area contributed by atoms with E-state index < -0.39 is 0 Å². The number of aliphatic hydroxyl groups is 2. The molecule has 0 aromatic rings. The topological polar surface area (TPSA) is 40.5 Å². The summed E-state index contributed by atoms with van der Waals surface area (Å²) in [5, 5.41) is 18.4. The minimum atomic E-state index is -0.0207. The van der Waals surface area contributed by atoms with Gasteiger partial charge in [-0.1, -0.05) is 55.4 Å². The van der Waals surface area contributed by atoms with Crippen molar-refractivity contribution in [3.8, 4) is 0 Å². The lowest BCUT2D eigenvalue weighted by atomic mass is 9.72. The van der Waals surface area contributed by atoms with Gasteiger partial charge >= 0.3 is 0 Å². The normalized spacial score (nSPS) is 20.6. The van der Waals surface area contributed by atoms with Crippen LogP contribution in [0.25, 0.3) is 0 Å². The fourth-order valence-electron chi connectivity index (χ4n) is 3.09. The molecule has 0 aromatic carbocycles. The van der Waals surface area contributed by atoms with E-state index in [9.17, 15) is 5.11 Å². The molecule has 0 amide bonds. The summed E-state index contributed by atoms with van der Waals surface area (Å²) in [5.74, 6) is 0. The largest absolute Gasteiger partial charge is 0.392 e. The Morgan fingerprint density at radius 2 is 1.87 bits per heavy atom. The second-order valence-corrected chi connectivity index (χ2v) is 7.10. The second kappa shape index (κ2) is 9.05. The predicted molar refractivity (Wildman–Crippen MR) is 99.2 cm³/mol. The molecule has 0 aliphatic heterocycles. The highest BCUT2D eigenvalue weighted by Crippen LogP contribution is 2.40. The third-order valence-electron chi connectivity index (χ3n) is 4.68. The molecular weight excluding hydrogens is 284 g/mol. The fourth-order valence-corrected chi connectivity index (χ4v) is 3.09. The van der Waals surface area contributed by atoms with Gasteiger partial charge in [-0.2, -0.15) is 0 Å². The van der Waals surface area contributed by atoms with Gasteiger partial charge in [-0.05, 0) is 62.2 Å². The zero-order chi connectivity index (χ0) is 17.5. The van der Waals surface area contributed by atoms with Crippen LogP contribution < -0.4 is 0 Å². The zero-order valence-electron chi connectivity index (χ0n) is 15.3. The van der Waals surface area contributed by atoms with Crippen LogP contribution in [0.2, 0.25) is 0 Å². The maximum Gasteiger partial charge on any atom is 0.0684 e. The monoisotopic (exact) mass is 316 g/mol. The molecule has 128 valence electrons. The SMILES string of the molecule is CC1=C(/C=C/C(C)=C/C=C(CO)/C(C)=C/CO)C(C)(C)CCC1. The zero-order valence-corrected chi connectivity index (χ0v) is 15.3. The fraction of sp³-hybridized carbons (Fsp3) is 0.524. The standard InChI is InChI=1S/C21H32O2/c1-16(8-10-19(15-23)17(2)12-14-22)9-11-20-18(3)7-6-13-21(20,4)5/h8-12,22-23H,6-7,13-15H2,1-5H3/b11-9+,16-8+,17-12+,19-10+. The second-order valence-electron chi connectivity index (χ2n) is 7.10. The lowest BCUT2D eigenvalue weighted by molar-refractivity contribution is 0.330. The quantitative estimate of drug-likeness (QED) is 0.686. The van der Waals surface area contributed by atoms with Crippen LogP contribution in [-0.2, 0) is 0 Å². The first-order chi connectivity index (χ1) is 10.8. The van der Waals surface area contributed by atoms with E-state index in [1.165, 1.54) is 30.4 Å². The van der Waals surface area contributed by atoms with Gasteiger partial charge in [0.15, 0.2) is 0 Å². The van der Waals surface area contributed by atoms with E-state index in [0.29, 0.717) is 0 Å². The highest BCUT2D eigenvalue weighted by atomic mass is 16.3. The van der Waals surface area contributed by atoms with E-state index in [1.54, 1.807) is 6.08 Å². The summed E-state index contributed by atoms with van der Waals surface area (Å²) in [7, 11) is 0. The van der Waals surface area contributed by atoms with Crippen molar-refractivity contribution < 1.29 is 10.2 Å². The highest BCUT2D eigenvalue weighted by Gasteiger charge is 2.26. The first kappa shape index (κ1) is 19.7. The van der Waals surface area contributed by atoms with Crippen molar-refractivity contribution in [2.24, 2.45) is 5.41 Å². The molecule has 2 nitrogen and oxygen atoms in total. The van der Waals surface area contributed by atoms with Crippen LogP contribution in [0.3, 0.4) is 0 Å². The summed E-state index contributed by atoms with van der Waals surface area (Å²) in [4.78, 5) is 0. The van der Waals surface area contributed by atoms with Crippen molar-refractivity contribution in [3.05, 3.63) is 58.2 Å². The van der Waals surface area contributed by atoms with Crippen molar-refractivity contribution in [1.82, 2.24) is 0 Å². The third-order valence-corrected chi connectivity index (χ3v) is 4.68. The minimum Gasteiger partial charge on any atom is -0.392 e. The van der Waals surface area contributed by atoms with Gasteiger partial charge in [0.05, 0.1) is 13.2 Å². The summed E-state index contributed by atoms with van der Waals surface area (Å²) < 4.78 is 0. The molecule has 1 rings (SSSR count). The highest BCUT2D eigenvalue weighted by molar-refractivity contribution is 5.38. The smallest absolute Gasteiger partial charge is 0.0684 e. The van der Waals surface area contributed by atoms with Crippen LogP contribution in [0.15, 0.2) is 58.2 Å². The Kier molecular flexibility index (Phi) is 7.74. The summed E-state index contributed by atoms with van der Waals surface area (Å²) in [6, 6.07) is 0. The van der Waals surface area contributed by atoms with Gasteiger partial charge in [-0.15, -0.1) is 0 Å². The molecule has 0 saturated carbocycles. The van der Waals surface area contributed by atoms with Crippen molar-refractivity contribution in [3.63, 3.8) is 0 Å². The van der Waals surface area contributed by atoms with Gasteiger partial charge in [0.25, 0.3) is 0 Å². The van der Waals surface area contributed by atoms with Crippen LogP contribution in [0, 0.1) is 5.41 Å². The van der Waals surface area contributed by atoms with E-state index in [1.807, 2.05) is 19.1 Å². The molecule has 0 unspecified atom stereocenters.